The molecule has 1 heterocycles. The largest absolute Gasteiger partial charge is 0.507 e. The van der Waals surface area contributed by atoms with Crippen molar-refractivity contribution in [1.82, 2.24) is 31.5 Å². The first-order valence-electron chi connectivity index (χ1n) is 17.8. The van der Waals surface area contributed by atoms with Crippen molar-refractivity contribution < 1.29 is 48.9 Å². The maximum absolute atomic E-state index is 13.6. The van der Waals surface area contributed by atoms with Crippen LogP contribution in [0.15, 0.2) is 36.4 Å². The van der Waals surface area contributed by atoms with Crippen molar-refractivity contribution in [3.05, 3.63) is 47.5 Å². The van der Waals surface area contributed by atoms with E-state index in [1.54, 1.807) is 13.8 Å². The summed E-state index contributed by atoms with van der Waals surface area (Å²) < 4.78 is 0. The second kappa shape index (κ2) is 18.1. The lowest BCUT2D eigenvalue weighted by molar-refractivity contribution is -0.142. The zero-order valence-electron chi connectivity index (χ0n) is 32.2. The van der Waals surface area contributed by atoms with Gasteiger partial charge in [-0.1, -0.05) is 46.8 Å². The van der Waals surface area contributed by atoms with Gasteiger partial charge in [-0.25, -0.2) is 4.79 Å². The summed E-state index contributed by atoms with van der Waals surface area (Å²) in [5.74, 6) is -6.08. The summed E-state index contributed by atoms with van der Waals surface area (Å²) in [6, 6.07) is 3.21. The van der Waals surface area contributed by atoms with Crippen LogP contribution in [0.25, 0.3) is 11.1 Å². The highest BCUT2D eigenvalue weighted by Gasteiger charge is 2.36. The first-order chi connectivity index (χ1) is 25.5. The first kappa shape index (κ1) is 43.7. The molecule has 0 saturated carbocycles. The van der Waals surface area contributed by atoms with Gasteiger partial charge in [-0.3, -0.25) is 28.8 Å². The molecule has 0 saturated heterocycles. The molecular formula is C38H53N7O10. The highest BCUT2D eigenvalue weighted by Crippen LogP contribution is 2.39. The third kappa shape index (κ3) is 11.9. The van der Waals surface area contributed by atoms with Gasteiger partial charge in [-0.15, -0.1) is 0 Å². The van der Waals surface area contributed by atoms with E-state index in [4.69, 9.17) is 5.73 Å². The number of carbonyl (C=O) groups excluding carboxylic acids is 6. The number of rotatable bonds is 12. The molecular weight excluding hydrogens is 714 g/mol. The van der Waals surface area contributed by atoms with Crippen LogP contribution in [0.3, 0.4) is 0 Å². The number of hydrogen-bond acceptors (Lipinski definition) is 10. The van der Waals surface area contributed by atoms with Crippen molar-refractivity contribution in [2.24, 2.45) is 16.6 Å². The van der Waals surface area contributed by atoms with E-state index in [0.717, 1.165) is 4.90 Å². The molecule has 55 heavy (non-hydrogen) atoms. The zero-order chi connectivity index (χ0) is 41.4. The van der Waals surface area contributed by atoms with Gasteiger partial charge in [0.1, 0.15) is 35.7 Å². The number of amides is 6. The number of likely N-dealkylation sites (N-methyl/N-ethyl adjacent to an activating group) is 1. The fourth-order valence-corrected chi connectivity index (χ4v) is 6.52. The molecule has 4 bridgehead atoms. The molecule has 10 N–H and O–H groups in total. The molecule has 2 aromatic carbocycles. The van der Waals surface area contributed by atoms with E-state index >= 15 is 0 Å². The normalized spacial score (nSPS) is 17.3. The Balaban J connectivity index is 1.80. The van der Waals surface area contributed by atoms with Crippen molar-refractivity contribution in [2.75, 3.05) is 26.7 Å². The smallest absolute Gasteiger partial charge is 0.326 e. The van der Waals surface area contributed by atoms with Gasteiger partial charge in [-0.2, -0.15) is 0 Å². The Hall–Kier alpha value is -5.71. The molecule has 17 heteroatoms. The lowest BCUT2D eigenvalue weighted by Gasteiger charge is -2.32. The van der Waals surface area contributed by atoms with Gasteiger partial charge in [0.05, 0.1) is 13.1 Å². The Kier molecular flexibility index (Phi) is 14.4. The molecule has 300 valence electrons. The standard InChI is InChI=1S/C38H53N7O10/c1-20(42-33(51)25(12-13-39)44-36(55)38(5,6)19-37(2,3)4)32(50)41-18-30(49)45(7)31-22-9-11-28(47)24(16-22)23-14-21(8-10-27(23)46)15-26(35(53)54)43-29(48)17-40-34(31)52/h8-11,14,16,20,25-26,31,46-47H,12-13,15,17-19,39H2,1-7H3,(H,40,52)(H,41,50)(H,42,51)(H,43,48)(H,44,55)(H,53,54). The van der Waals surface area contributed by atoms with E-state index in [2.05, 4.69) is 26.6 Å². The second-order valence-electron chi connectivity index (χ2n) is 15.6. The van der Waals surface area contributed by atoms with Gasteiger partial charge in [0.2, 0.25) is 35.4 Å². The number of carbonyl (C=O) groups is 7. The first-order valence-corrected chi connectivity index (χ1v) is 17.8. The maximum atomic E-state index is 13.6. The van der Waals surface area contributed by atoms with Crippen molar-refractivity contribution in [3.8, 4) is 22.6 Å². The van der Waals surface area contributed by atoms with Crippen molar-refractivity contribution in [2.45, 2.75) is 85.0 Å². The molecule has 1 aliphatic rings. The van der Waals surface area contributed by atoms with Gasteiger partial charge >= 0.3 is 5.97 Å². The highest BCUT2D eigenvalue weighted by atomic mass is 16.4. The van der Waals surface area contributed by atoms with Crippen LogP contribution in [0.5, 0.6) is 11.5 Å². The minimum absolute atomic E-state index is 0.0724. The fraction of sp³-hybridized carbons (Fsp3) is 0.500. The third-order valence-electron chi connectivity index (χ3n) is 9.04. The molecule has 6 amide bonds. The molecule has 1 aliphatic heterocycles. The Labute approximate surface area is 319 Å². The predicted octanol–water partition coefficient (Wildman–Crippen LogP) is 0.423. The van der Waals surface area contributed by atoms with Crippen LogP contribution in [-0.4, -0.2) is 106 Å². The number of hydrogen-bond donors (Lipinski definition) is 9. The number of fused-ring (bicyclic) bond motifs is 5. The van der Waals surface area contributed by atoms with Crippen LogP contribution in [0.1, 0.15) is 71.6 Å². The quantitative estimate of drug-likeness (QED) is 0.143. The Morgan fingerprint density at radius 3 is 2.16 bits per heavy atom. The lowest BCUT2D eigenvalue weighted by atomic mass is 9.75. The number of carboxylic acid groups (broad SMARTS) is 1. The van der Waals surface area contributed by atoms with Gasteiger partial charge in [0, 0.05) is 30.0 Å². The van der Waals surface area contributed by atoms with E-state index in [-0.39, 0.29) is 58.9 Å². The van der Waals surface area contributed by atoms with E-state index in [1.807, 2.05) is 20.8 Å². The van der Waals surface area contributed by atoms with E-state index in [1.165, 1.54) is 50.4 Å². The Bertz CT molecular complexity index is 1810. The molecule has 2 aromatic rings. The number of nitrogens with two attached hydrogens (primary N) is 1. The van der Waals surface area contributed by atoms with Gasteiger partial charge in [-0.05, 0) is 67.1 Å². The minimum atomic E-state index is -1.44. The van der Waals surface area contributed by atoms with Gasteiger partial charge in [0.25, 0.3) is 0 Å². The number of phenols is 2. The number of nitrogens with zero attached hydrogens (tertiary/aromatic N) is 1. The maximum Gasteiger partial charge on any atom is 0.326 e. The molecule has 0 fully saturated rings. The number of phenolic OH excluding ortho intramolecular Hbond substituents is 2. The second-order valence-corrected chi connectivity index (χ2v) is 15.6. The number of benzene rings is 2. The molecule has 0 spiro atoms. The van der Waals surface area contributed by atoms with Gasteiger partial charge in [0.15, 0.2) is 0 Å². The Morgan fingerprint density at radius 1 is 0.945 bits per heavy atom. The number of aliphatic carboxylic acids is 1. The average molecular weight is 768 g/mol. The predicted molar refractivity (Wildman–Crippen MR) is 201 cm³/mol. The van der Waals surface area contributed by atoms with E-state index in [9.17, 15) is 48.9 Å². The van der Waals surface area contributed by atoms with Crippen molar-refractivity contribution in [1.29, 1.82) is 0 Å². The molecule has 17 nitrogen and oxygen atoms in total. The highest BCUT2D eigenvalue weighted by molar-refractivity contribution is 5.96. The van der Waals surface area contributed by atoms with Crippen LogP contribution in [0.4, 0.5) is 0 Å². The monoisotopic (exact) mass is 767 g/mol. The summed E-state index contributed by atoms with van der Waals surface area (Å²) in [6.45, 7) is 9.76. The SMILES string of the molecule is CC(NC(=O)C(CCN)NC(=O)C(C)(C)CC(C)(C)C)C(=O)NCC(=O)N(C)C1C(=O)NCC(=O)NC(C(=O)O)Cc2ccc(O)c(c2)-c2cc1ccc2O. The van der Waals surface area contributed by atoms with Crippen LogP contribution in [0, 0.1) is 10.8 Å². The molecule has 0 radical (unpaired) electrons. The van der Waals surface area contributed by atoms with Crippen LogP contribution < -0.4 is 32.3 Å². The number of nitrogens with one attached hydrogen (secondary N) is 5. The molecule has 4 atom stereocenters. The molecule has 4 unspecified atom stereocenters. The fourth-order valence-electron chi connectivity index (χ4n) is 6.52. The average Bonchev–Trinajstić information content (AvgIpc) is 3.09. The molecule has 3 rings (SSSR count). The lowest BCUT2D eigenvalue weighted by Crippen LogP contribution is -2.55. The third-order valence-corrected chi connectivity index (χ3v) is 9.04. The summed E-state index contributed by atoms with van der Waals surface area (Å²) >= 11 is 0. The molecule has 0 aromatic heterocycles. The number of aromatic hydroxyl groups is 2. The minimum Gasteiger partial charge on any atom is -0.507 e. The van der Waals surface area contributed by atoms with Crippen LogP contribution in [-0.2, 0) is 40.0 Å². The van der Waals surface area contributed by atoms with Crippen molar-refractivity contribution in [3.63, 3.8) is 0 Å². The van der Waals surface area contributed by atoms with E-state index in [0.29, 0.717) is 12.0 Å². The summed E-state index contributed by atoms with van der Waals surface area (Å²) in [5, 5.41) is 43.7. The molecule has 0 aliphatic carbocycles. The van der Waals surface area contributed by atoms with E-state index < -0.39 is 78.2 Å². The number of carboxylic acids is 1. The Morgan fingerprint density at radius 2 is 1.56 bits per heavy atom. The van der Waals surface area contributed by atoms with Crippen LogP contribution in [0.2, 0.25) is 0 Å². The van der Waals surface area contributed by atoms with Crippen LogP contribution >= 0.6 is 0 Å². The summed E-state index contributed by atoms with van der Waals surface area (Å²) in [6.07, 6.45) is 0.480. The summed E-state index contributed by atoms with van der Waals surface area (Å²) in [5.41, 5.74) is 5.51. The zero-order valence-corrected chi connectivity index (χ0v) is 32.2. The summed E-state index contributed by atoms with van der Waals surface area (Å²) in [7, 11) is 1.28. The van der Waals surface area contributed by atoms with Gasteiger partial charge < -0.3 is 52.5 Å². The topological polar surface area (TPSA) is 270 Å². The van der Waals surface area contributed by atoms with Crippen molar-refractivity contribution >= 4 is 41.4 Å². The summed E-state index contributed by atoms with van der Waals surface area (Å²) in [4.78, 5) is 92.2.